The standard InChI is InChI=1S/C25H21FN4O3S/c1-2-16-11-13-17(14-12-16)30-24(33)19-8-4-6-10-21(19)27-25(30)34-15-22(31)28-29-23(32)18-7-3-5-9-20(18)26/h3-14H,2,15H2,1H3,(H,28,31)(H,29,32). The van der Waals surface area contributed by atoms with Gasteiger partial charge in [0.25, 0.3) is 11.5 Å². The number of hydrogen-bond acceptors (Lipinski definition) is 5. The highest BCUT2D eigenvalue weighted by atomic mass is 32.2. The van der Waals surface area contributed by atoms with Gasteiger partial charge in [0.2, 0.25) is 5.91 Å². The number of hydrazine groups is 1. The lowest BCUT2D eigenvalue weighted by atomic mass is 10.1. The van der Waals surface area contributed by atoms with Crippen LogP contribution >= 0.6 is 11.8 Å². The van der Waals surface area contributed by atoms with Gasteiger partial charge in [0.1, 0.15) is 5.82 Å². The molecule has 0 aliphatic heterocycles. The quantitative estimate of drug-likeness (QED) is 0.252. The van der Waals surface area contributed by atoms with Crippen LogP contribution in [0.2, 0.25) is 0 Å². The topological polar surface area (TPSA) is 93.1 Å². The smallest absolute Gasteiger partial charge is 0.272 e. The lowest BCUT2D eigenvalue weighted by molar-refractivity contribution is -0.119. The monoisotopic (exact) mass is 476 g/mol. The number of hydrogen-bond donors (Lipinski definition) is 2. The Hall–Kier alpha value is -3.98. The van der Waals surface area contributed by atoms with E-state index >= 15 is 0 Å². The molecule has 0 saturated carbocycles. The number of carbonyl (C=O) groups excluding carboxylic acids is 2. The molecule has 4 aromatic rings. The van der Waals surface area contributed by atoms with Gasteiger partial charge in [0.05, 0.1) is 27.9 Å². The number of fused-ring (bicyclic) bond motifs is 1. The minimum Gasteiger partial charge on any atom is -0.272 e. The van der Waals surface area contributed by atoms with E-state index in [4.69, 9.17) is 0 Å². The predicted octanol–water partition coefficient (Wildman–Crippen LogP) is 3.64. The second-order valence-electron chi connectivity index (χ2n) is 7.34. The van der Waals surface area contributed by atoms with Crippen LogP contribution in [0.1, 0.15) is 22.8 Å². The van der Waals surface area contributed by atoms with E-state index in [9.17, 15) is 18.8 Å². The first-order chi connectivity index (χ1) is 16.5. The third kappa shape index (κ3) is 4.99. The molecule has 1 aromatic heterocycles. The number of aryl methyl sites for hydroxylation is 1. The average molecular weight is 477 g/mol. The Morgan fingerprint density at radius 2 is 1.68 bits per heavy atom. The Bertz CT molecular complexity index is 1420. The summed E-state index contributed by atoms with van der Waals surface area (Å²) >= 11 is 1.05. The Kier molecular flexibility index (Phi) is 7.03. The SMILES string of the molecule is CCc1ccc(-n2c(SCC(=O)NNC(=O)c3ccccc3F)nc3ccccc3c2=O)cc1. The second kappa shape index (κ2) is 10.3. The molecule has 0 aliphatic rings. The summed E-state index contributed by atoms with van der Waals surface area (Å²) in [6, 6.07) is 20.0. The van der Waals surface area contributed by atoms with Crippen molar-refractivity contribution in [2.75, 3.05) is 5.75 Å². The predicted molar refractivity (Wildman–Crippen MR) is 129 cm³/mol. The van der Waals surface area contributed by atoms with Gasteiger partial charge in [-0.2, -0.15) is 0 Å². The highest BCUT2D eigenvalue weighted by Gasteiger charge is 2.16. The number of aromatic nitrogens is 2. The third-order valence-corrected chi connectivity index (χ3v) is 6.05. The van der Waals surface area contributed by atoms with Gasteiger partial charge in [0.15, 0.2) is 5.16 Å². The Balaban J connectivity index is 1.55. The molecule has 1 heterocycles. The zero-order valence-corrected chi connectivity index (χ0v) is 19.1. The van der Waals surface area contributed by atoms with Gasteiger partial charge >= 0.3 is 0 Å². The van der Waals surface area contributed by atoms with E-state index in [2.05, 4.69) is 15.8 Å². The fraction of sp³-hybridized carbons (Fsp3) is 0.120. The third-order valence-electron chi connectivity index (χ3n) is 5.11. The molecule has 7 nitrogen and oxygen atoms in total. The van der Waals surface area contributed by atoms with E-state index < -0.39 is 17.6 Å². The first-order valence-corrected chi connectivity index (χ1v) is 11.5. The Labute approximate surface area is 199 Å². The summed E-state index contributed by atoms with van der Waals surface area (Å²) in [7, 11) is 0. The van der Waals surface area contributed by atoms with Gasteiger partial charge in [-0.15, -0.1) is 0 Å². The van der Waals surface area contributed by atoms with Gasteiger partial charge in [0, 0.05) is 0 Å². The van der Waals surface area contributed by atoms with E-state index in [-0.39, 0.29) is 16.9 Å². The molecule has 0 aliphatic carbocycles. The fourth-order valence-corrected chi connectivity index (χ4v) is 4.14. The Morgan fingerprint density at radius 3 is 2.41 bits per heavy atom. The van der Waals surface area contributed by atoms with Crippen LogP contribution in [-0.4, -0.2) is 27.1 Å². The summed E-state index contributed by atoms with van der Waals surface area (Å²) in [5.41, 5.74) is 6.31. The van der Waals surface area contributed by atoms with E-state index in [1.807, 2.05) is 31.2 Å². The van der Waals surface area contributed by atoms with Crippen LogP contribution in [-0.2, 0) is 11.2 Å². The van der Waals surface area contributed by atoms with Crippen molar-refractivity contribution in [3.8, 4) is 5.69 Å². The molecule has 3 aromatic carbocycles. The van der Waals surface area contributed by atoms with Crippen molar-refractivity contribution >= 4 is 34.5 Å². The average Bonchev–Trinajstić information content (AvgIpc) is 2.86. The summed E-state index contributed by atoms with van der Waals surface area (Å²) in [6.07, 6.45) is 0.867. The number of nitrogens with one attached hydrogen (secondary N) is 2. The molecule has 0 radical (unpaired) electrons. The molecule has 4 rings (SSSR count). The lowest BCUT2D eigenvalue weighted by Gasteiger charge is -2.14. The molecule has 34 heavy (non-hydrogen) atoms. The molecular formula is C25H21FN4O3S. The number of halogens is 1. The van der Waals surface area contributed by atoms with E-state index in [0.29, 0.717) is 21.7 Å². The van der Waals surface area contributed by atoms with Crippen molar-refractivity contribution in [3.05, 3.63) is 100 Å². The molecule has 0 atom stereocenters. The van der Waals surface area contributed by atoms with Gasteiger partial charge in [-0.05, 0) is 48.4 Å². The normalized spacial score (nSPS) is 10.8. The molecule has 9 heteroatoms. The van der Waals surface area contributed by atoms with E-state index in [0.717, 1.165) is 29.8 Å². The van der Waals surface area contributed by atoms with E-state index in [1.54, 1.807) is 24.3 Å². The van der Waals surface area contributed by atoms with Gasteiger partial charge in [-0.1, -0.05) is 55.1 Å². The molecule has 0 bridgehead atoms. The molecule has 0 fully saturated rings. The summed E-state index contributed by atoms with van der Waals surface area (Å²) in [5.74, 6) is -2.13. The number of carbonyl (C=O) groups is 2. The molecular weight excluding hydrogens is 455 g/mol. The van der Waals surface area contributed by atoms with Crippen LogP contribution in [0.3, 0.4) is 0 Å². The summed E-state index contributed by atoms with van der Waals surface area (Å²) in [6.45, 7) is 2.05. The summed E-state index contributed by atoms with van der Waals surface area (Å²) < 4.78 is 15.2. The van der Waals surface area contributed by atoms with Gasteiger partial charge in [-0.3, -0.25) is 29.8 Å². The van der Waals surface area contributed by atoms with Crippen LogP contribution in [0, 0.1) is 5.82 Å². The molecule has 0 spiro atoms. The van der Waals surface area contributed by atoms with Crippen molar-refractivity contribution in [1.82, 2.24) is 20.4 Å². The van der Waals surface area contributed by atoms with Crippen molar-refractivity contribution in [2.45, 2.75) is 18.5 Å². The largest absolute Gasteiger partial charge is 0.272 e. The van der Waals surface area contributed by atoms with Crippen molar-refractivity contribution < 1.29 is 14.0 Å². The highest BCUT2D eigenvalue weighted by molar-refractivity contribution is 7.99. The first kappa shape index (κ1) is 23.2. The van der Waals surface area contributed by atoms with Crippen molar-refractivity contribution in [2.24, 2.45) is 0 Å². The van der Waals surface area contributed by atoms with Crippen LogP contribution < -0.4 is 16.4 Å². The van der Waals surface area contributed by atoms with Crippen LogP contribution in [0.15, 0.2) is 82.7 Å². The summed E-state index contributed by atoms with van der Waals surface area (Å²) in [4.78, 5) is 42.3. The second-order valence-corrected chi connectivity index (χ2v) is 8.29. The van der Waals surface area contributed by atoms with Gasteiger partial charge in [-0.25, -0.2) is 9.37 Å². The highest BCUT2D eigenvalue weighted by Crippen LogP contribution is 2.21. The first-order valence-electron chi connectivity index (χ1n) is 10.6. The zero-order valence-electron chi connectivity index (χ0n) is 18.2. The minimum atomic E-state index is -0.770. The number of nitrogens with zero attached hydrogens (tertiary/aromatic N) is 2. The maximum atomic E-state index is 13.7. The minimum absolute atomic E-state index is 0.130. The molecule has 2 amide bonds. The maximum Gasteiger partial charge on any atom is 0.272 e. The van der Waals surface area contributed by atoms with Crippen molar-refractivity contribution in [3.63, 3.8) is 0 Å². The van der Waals surface area contributed by atoms with Crippen molar-refractivity contribution in [1.29, 1.82) is 0 Å². The molecule has 172 valence electrons. The van der Waals surface area contributed by atoms with Gasteiger partial charge < -0.3 is 0 Å². The summed E-state index contributed by atoms with van der Waals surface area (Å²) in [5, 5.41) is 0.802. The lowest BCUT2D eigenvalue weighted by Crippen LogP contribution is -2.42. The number of rotatable bonds is 6. The van der Waals surface area contributed by atoms with Crippen LogP contribution in [0.25, 0.3) is 16.6 Å². The number of amides is 2. The van der Waals surface area contributed by atoms with Crippen LogP contribution in [0.5, 0.6) is 0 Å². The zero-order chi connectivity index (χ0) is 24.1. The molecule has 0 saturated heterocycles. The van der Waals surface area contributed by atoms with Crippen LogP contribution in [0.4, 0.5) is 4.39 Å². The maximum absolute atomic E-state index is 13.7. The Morgan fingerprint density at radius 1 is 0.971 bits per heavy atom. The number of para-hydroxylation sites is 1. The van der Waals surface area contributed by atoms with E-state index in [1.165, 1.54) is 22.8 Å². The number of thioether (sulfide) groups is 1. The molecule has 0 unspecified atom stereocenters. The number of benzene rings is 3. The fourth-order valence-electron chi connectivity index (χ4n) is 3.32. The molecule has 2 N–H and O–H groups in total.